The number of alkyl halides is 2. The summed E-state index contributed by atoms with van der Waals surface area (Å²) in [5, 5.41) is 8.83. The molecular weight excluding hydrogens is 312 g/mol. The van der Waals surface area contributed by atoms with E-state index in [0.717, 1.165) is 11.1 Å². The number of carboxylic acid groups (broad SMARTS) is 1. The van der Waals surface area contributed by atoms with Crippen molar-refractivity contribution >= 4 is 37.8 Å². The molecule has 0 aliphatic carbocycles. The van der Waals surface area contributed by atoms with E-state index in [1.54, 1.807) is 0 Å². The average Bonchev–Trinajstić information content (AvgIpc) is 2.16. The molecule has 0 heterocycles. The molecule has 1 rings (SSSR count). The number of rotatable bonds is 3. The predicted octanol–water partition coefficient (Wildman–Crippen LogP) is 3.28. The minimum absolute atomic E-state index is 0.207. The van der Waals surface area contributed by atoms with Crippen LogP contribution in [0, 0.1) is 6.92 Å². The fourth-order valence-corrected chi connectivity index (χ4v) is 2.20. The standard InChI is InChI=1S/C10H10Br2O2/c1-6-4-2-3-5-7(6)8(11)9(12)10(13)14/h2-5,8-9H,1H3,(H,13,14). The van der Waals surface area contributed by atoms with Crippen LogP contribution in [0.4, 0.5) is 0 Å². The molecule has 2 atom stereocenters. The molecule has 0 aromatic heterocycles. The van der Waals surface area contributed by atoms with Crippen LogP contribution in [0.5, 0.6) is 0 Å². The maximum atomic E-state index is 10.7. The van der Waals surface area contributed by atoms with Crippen molar-refractivity contribution in [3.63, 3.8) is 0 Å². The van der Waals surface area contributed by atoms with E-state index in [0.29, 0.717) is 0 Å². The number of hydrogen-bond acceptors (Lipinski definition) is 1. The Hall–Kier alpha value is -0.350. The quantitative estimate of drug-likeness (QED) is 0.867. The molecule has 0 fully saturated rings. The Bertz CT molecular complexity index is 339. The Morgan fingerprint density at radius 2 is 1.93 bits per heavy atom. The smallest absolute Gasteiger partial charge is 0.318 e. The predicted molar refractivity (Wildman–Crippen MR) is 63.2 cm³/mol. The Kier molecular flexibility index (Phi) is 4.13. The zero-order valence-electron chi connectivity index (χ0n) is 7.58. The third-order valence-electron chi connectivity index (χ3n) is 1.98. The third kappa shape index (κ3) is 2.58. The van der Waals surface area contributed by atoms with Crippen molar-refractivity contribution in [1.82, 2.24) is 0 Å². The van der Waals surface area contributed by atoms with Gasteiger partial charge in [0, 0.05) is 0 Å². The molecule has 1 N–H and O–H groups in total. The van der Waals surface area contributed by atoms with Crippen LogP contribution in [-0.4, -0.2) is 15.9 Å². The third-order valence-corrected chi connectivity index (χ3v) is 4.63. The fourth-order valence-electron chi connectivity index (χ4n) is 1.18. The summed E-state index contributed by atoms with van der Waals surface area (Å²) in [6.07, 6.45) is 0. The first kappa shape index (κ1) is 11.7. The van der Waals surface area contributed by atoms with Gasteiger partial charge in [-0.1, -0.05) is 56.1 Å². The van der Waals surface area contributed by atoms with E-state index in [1.165, 1.54) is 0 Å². The molecule has 0 amide bonds. The fraction of sp³-hybridized carbons (Fsp3) is 0.300. The lowest BCUT2D eigenvalue weighted by Gasteiger charge is -2.15. The zero-order chi connectivity index (χ0) is 10.7. The minimum Gasteiger partial charge on any atom is -0.480 e. The highest BCUT2D eigenvalue weighted by molar-refractivity contribution is 9.12. The van der Waals surface area contributed by atoms with Gasteiger partial charge in [-0.15, -0.1) is 0 Å². The van der Waals surface area contributed by atoms with Crippen LogP contribution >= 0.6 is 31.9 Å². The molecule has 0 aliphatic heterocycles. The van der Waals surface area contributed by atoms with E-state index < -0.39 is 10.8 Å². The Morgan fingerprint density at radius 1 is 1.36 bits per heavy atom. The second-order valence-electron chi connectivity index (χ2n) is 3.00. The van der Waals surface area contributed by atoms with Crippen LogP contribution in [0.25, 0.3) is 0 Å². The molecule has 1 aromatic rings. The van der Waals surface area contributed by atoms with Crippen LogP contribution in [0.1, 0.15) is 16.0 Å². The number of carbonyl (C=O) groups is 1. The lowest BCUT2D eigenvalue weighted by Crippen LogP contribution is -2.18. The van der Waals surface area contributed by atoms with E-state index in [1.807, 2.05) is 31.2 Å². The Balaban J connectivity index is 2.94. The van der Waals surface area contributed by atoms with Crippen molar-refractivity contribution in [1.29, 1.82) is 0 Å². The normalized spacial score (nSPS) is 14.8. The molecule has 4 heteroatoms. The average molecular weight is 322 g/mol. The summed E-state index contributed by atoms with van der Waals surface area (Å²) in [4.78, 5) is 9.93. The number of benzene rings is 1. The van der Waals surface area contributed by atoms with Crippen LogP contribution < -0.4 is 0 Å². The molecule has 0 bridgehead atoms. The number of aliphatic carboxylic acids is 1. The summed E-state index contributed by atoms with van der Waals surface area (Å²) in [5.74, 6) is -0.866. The topological polar surface area (TPSA) is 37.3 Å². The van der Waals surface area contributed by atoms with E-state index in [2.05, 4.69) is 31.9 Å². The Morgan fingerprint density at radius 3 is 2.43 bits per heavy atom. The van der Waals surface area contributed by atoms with Gasteiger partial charge in [0.2, 0.25) is 0 Å². The minimum atomic E-state index is -0.866. The second-order valence-corrected chi connectivity index (χ2v) is 4.97. The first-order valence-corrected chi connectivity index (χ1v) is 5.93. The van der Waals surface area contributed by atoms with Crippen LogP contribution in [0.2, 0.25) is 0 Å². The highest BCUT2D eigenvalue weighted by Crippen LogP contribution is 2.33. The van der Waals surface area contributed by atoms with E-state index in [-0.39, 0.29) is 4.83 Å². The lowest BCUT2D eigenvalue weighted by molar-refractivity contribution is -0.136. The number of hydrogen-bond donors (Lipinski definition) is 1. The van der Waals surface area contributed by atoms with Gasteiger partial charge in [-0.3, -0.25) is 4.79 Å². The molecule has 0 aliphatic rings. The van der Waals surface area contributed by atoms with Crippen molar-refractivity contribution in [2.45, 2.75) is 16.6 Å². The molecule has 0 saturated heterocycles. The van der Waals surface area contributed by atoms with Gasteiger partial charge in [-0.05, 0) is 18.1 Å². The van der Waals surface area contributed by atoms with Gasteiger partial charge in [0.1, 0.15) is 4.83 Å². The number of aryl methyl sites for hydroxylation is 1. The number of halogens is 2. The van der Waals surface area contributed by atoms with Gasteiger partial charge in [0.05, 0.1) is 4.83 Å². The molecule has 14 heavy (non-hydrogen) atoms. The van der Waals surface area contributed by atoms with Crippen molar-refractivity contribution in [2.75, 3.05) is 0 Å². The molecule has 76 valence electrons. The summed E-state index contributed by atoms with van der Waals surface area (Å²) in [5.41, 5.74) is 2.08. The SMILES string of the molecule is Cc1ccccc1C(Br)C(Br)C(=O)O. The summed E-state index contributed by atoms with van der Waals surface area (Å²) < 4.78 is 0. The first-order valence-electron chi connectivity index (χ1n) is 4.10. The first-order chi connectivity index (χ1) is 6.54. The van der Waals surface area contributed by atoms with Crippen LogP contribution in [0.3, 0.4) is 0 Å². The molecule has 1 aromatic carbocycles. The lowest BCUT2D eigenvalue weighted by atomic mass is 10.0. The summed E-state index contributed by atoms with van der Waals surface area (Å²) in [7, 11) is 0. The van der Waals surface area contributed by atoms with Gasteiger partial charge in [-0.25, -0.2) is 0 Å². The Labute approximate surface area is 99.6 Å². The van der Waals surface area contributed by atoms with Crippen LogP contribution in [-0.2, 0) is 4.79 Å². The summed E-state index contributed by atoms with van der Waals surface area (Å²) in [6, 6.07) is 7.72. The van der Waals surface area contributed by atoms with E-state index in [9.17, 15) is 4.79 Å². The van der Waals surface area contributed by atoms with Gasteiger partial charge in [0.25, 0.3) is 0 Å². The van der Waals surface area contributed by atoms with Crippen LogP contribution in [0.15, 0.2) is 24.3 Å². The van der Waals surface area contributed by atoms with Crippen molar-refractivity contribution in [3.8, 4) is 0 Å². The van der Waals surface area contributed by atoms with Gasteiger partial charge >= 0.3 is 5.97 Å². The summed E-state index contributed by atoms with van der Waals surface area (Å²) in [6.45, 7) is 1.96. The maximum Gasteiger partial charge on any atom is 0.318 e. The zero-order valence-corrected chi connectivity index (χ0v) is 10.7. The second kappa shape index (κ2) is 4.94. The van der Waals surface area contributed by atoms with Crippen molar-refractivity contribution in [2.24, 2.45) is 0 Å². The summed E-state index contributed by atoms with van der Waals surface area (Å²) >= 11 is 6.51. The van der Waals surface area contributed by atoms with E-state index in [4.69, 9.17) is 5.11 Å². The number of carboxylic acids is 1. The highest BCUT2D eigenvalue weighted by atomic mass is 79.9. The molecular formula is C10H10Br2O2. The van der Waals surface area contributed by atoms with Gasteiger partial charge in [0.15, 0.2) is 0 Å². The molecule has 2 unspecified atom stereocenters. The largest absolute Gasteiger partial charge is 0.480 e. The molecule has 0 radical (unpaired) electrons. The monoisotopic (exact) mass is 320 g/mol. The molecule has 0 spiro atoms. The van der Waals surface area contributed by atoms with Gasteiger partial charge in [-0.2, -0.15) is 0 Å². The van der Waals surface area contributed by atoms with Crippen molar-refractivity contribution in [3.05, 3.63) is 35.4 Å². The highest BCUT2D eigenvalue weighted by Gasteiger charge is 2.25. The maximum absolute atomic E-state index is 10.7. The van der Waals surface area contributed by atoms with Crippen molar-refractivity contribution < 1.29 is 9.90 Å². The van der Waals surface area contributed by atoms with Gasteiger partial charge < -0.3 is 5.11 Å². The molecule has 2 nitrogen and oxygen atoms in total. The van der Waals surface area contributed by atoms with E-state index >= 15 is 0 Å². The molecule has 0 saturated carbocycles.